The molecule has 0 amide bonds. The van der Waals surface area contributed by atoms with Crippen LogP contribution in [-0.2, 0) is 9.53 Å². The zero-order valence-electron chi connectivity index (χ0n) is 10.3. The standard InChI is InChI=1S/C13H20O2Si/c1-15-13(14)10-7-11-16(2,3)12-8-5-4-6-9-12/h4-6,8-9H,7,10-11H2,1-3H3. The van der Waals surface area contributed by atoms with E-state index in [-0.39, 0.29) is 5.97 Å². The van der Waals surface area contributed by atoms with Crippen LogP contribution in [0, 0.1) is 0 Å². The highest BCUT2D eigenvalue weighted by molar-refractivity contribution is 6.89. The number of carbonyl (C=O) groups excluding carboxylic acids is 1. The lowest BCUT2D eigenvalue weighted by Crippen LogP contribution is -2.40. The number of hydrogen-bond donors (Lipinski definition) is 0. The zero-order chi connectivity index (χ0) is 12.0. The molecule has 88 valence electrons. The van der Waals surface area contributed by atoms with Crippen molar-refractivity contribution in [3.63, 3.8) is 0 Å². The Morgan fingerprint density at radius 1 is 1.25 bits per heavy atom. The van der Waals surface area contributed by atoms with Crippen molar-refractivity contribution < 1.29 is 9.53 Å². The van der Waals surface area contributed by atoms with Gasteiger partial charge in [0.25, 0.3) is 0 Å². The maximum Gasteiger partial charge on any atom is 0.305 e. The summed E-state index contributed by atoms with van der Waals surface area (Å²) < 4.78 is 4.65. The molecule has 3 heteroatoms. The van der Waals surface area contributed by atoms with Crippen LogP contribution in [0.1, 0.15) is 12.8 Å². The molecule has 0 fully saturated rings. The topological polar surface area (TPSA) is 26.3 Å². The maximum atomic E-state index is 11.0. The number of benzene rings is 1. The van der Waals surface area contributed by atoms with Crippen LogP contribution in [0.25, 0.3) is 0 Å². The Bertz CT molecular complexity index is 333. The third-order valence-corrected chi connectivity index (χ3v) is 6.47. The Hall–Kier alpha value is -1.09. The van der Waals surface area contributed by atoms with E-state index in [2.05, 4.69) is 42.1 Å². The smallest absolute Gasteiger partial charge is 0.305 e. The minimum atomic E-state index is -1.37. The third-order valence-electron chi connectivity index (χ3n) is 2.97. The molecule has 0 heterocycles. The molecular formula is C13H20O2Si. The molecule has 0 saturated carbocycles. The first-order chi connectivity index (χ1) is 7.56. The first-order valence-electron chi connectivity index (χ1n) is 5.68. The van der Waals surface area contributed by atoms with Crippen LogP contribution in [0.5, 0.6) is 0 Å². The summed E-state index contributed by atoms with van der Waals surface area (Å²) >= 11 is 0. The van der Waals surface area contributed by atoms with E-state index in [1.54, 1.807) is 0 Å². The van der Waals surface area contributed by atoms with E-state index in [0.29, 0.717) is 6.42 Å². The van der Waals surface area contributed by atoms with Crippen LogP contribution in [0.3, 0.4) is 0 Å². The molecule has 1 aromatic carbocycles. The Labute approximate surface area is 98.6 Å². The van der Waals surface area contributed by atoms with E-state index in [9.17, 15) is 4.79 Å². The molecule has 16 heavy (non-hydrogen) atoms. The van der Waals surface area contributed by atoms with Crippen LogP contribution < -0.4 is 5.19 Å². The highest BCUT2D eigenvalue weighted by atomic mass is 28.3. The molecule has 0 atom stereocenters. The lowest BCUT2D eigenvalue weighted by Gasteiger charge is -2.22. The predicted octanol–water partition coefficient (Wildman–Crippen LogP) is 2.56. The van der Waals surface area contributed by atoms with Gasteiger partial charge in [0.15, 0.2) is 0 Å². The Morgan fingerprint density at radius 2 is 1.88 bits per heavy atom. The Morgan fingerprint density at radius 3 is 2.44 bits per heavy atom. The van der Waals surface area contributed by atoms with Crippen molar-refractivity contribution in [1.29, 1.82) is 0 Å². The minimum absolute atomic E-state index is 0.0992. The SMILES string of the molecule is COC(=O)CCC[Si](C)(C)c1ccccc1. The number of carbonyl (C=O) groups is 1. The van der Waals surface area contributed by atoms with Gasteiger partial charge in [-0.05, 0) is 6.42 Å². The van der Waals surface area contributed by atoms with Crippen molar-refractivity contribution in [1.82, 2.24) is 0 Å². The second kappa shape index (κ2) is 5.85. The molecular weight excluding hydrogens is 216 g/mol. The van der Waals surface area contributed by atoms with Gasteiger partial charge in [-0.2, -0.15) is 0 Å². The van der Waals surface area contributed by atoms with Crippen molar-refractivity contribution in [2.75, 3.05) is 7.11 Å². The summed E-state index contributed by atoms with van der Waals surface area (Å²) in [7, 11) is 0.0797. The summed E-state index contributed by atoms with van der Waals surface area (Å²) in [4.78, 5) is 11.0. The van der Waals surface area contributed by atoms with E-state index < -0.39 is 8.07 Å². The largest absolute Gasteiger partial charge is 0.469 e. The fourth-order valence-corrected chi connectivity index (χ4v) is 4.25. The maximum absolute atomic E-state index is 11.0. The molecule has 0 spiro atoms. The van der Waals surface area contributed by atoms with E-state index in [0.717, 1.165) is 12.5 Å². The average molecular weight is 236 g/mol. The fourth-order valence-electron chi connectivity index (χ4n) is 1.81. The van der Waals surface area contributed by atoms with Crippen LogP contribution in [0.2, 0.25) is 19.1 Å². The van der Waals surface area contributed by atoms with Gasteiger partial charge >= 0.3 is 5.97 Å². The molecule has 0 aliphatic heterocycles. The van der Waals surface area contributed by atoms with Gasteiger partial charge < -0.3 is 4.74 Å². The van der Waals surface area contributed by atoms with Crippen molar-refractivity contribution in [3.8, 4) is 0 Å². The molecule has 0 N–H and O–H groups in total. The highest BCUT2D eigenvalue weighted by Crippen LogP contribution is 2.14. The van der Waals surface area contributed by atoms with Crippen molar-refractivity contribution >= 4 is 19.2 Å². The lowest BCUT2D eigenvalue weighted by molar-refractivity contribution is -0.140. The summed E-state index contributed by atoms with van der Waals surface area (Å²) in [6.07, 6.45) is 1.47. The molecule has 0 saturated heterocycles. The third kappa shape index (κ3) is 3.81. The summed E-state index contributed by atoms with van der Waals surface area (Å²) in [5.41, 5.74) is 0. The van der Waals surface area contributed by atoms with Gasteiger partial charge in [-0.3, -0.25) is 4.79 Å². The summed E-state index contributed by atoms with van der Waals surface area (Å²) in [6.45, 7) is 4.69. The average Bonchev–Trinajstić information content (AvgIpc) is 2.30. The monoisotopic (exact) mass is 236 g/mol. The molecule has 0 aliphatic carbocycles. The summed E-state index contributed by atoms with van der Waals surface area (Å²) in [6, 6.07) is 11.7. The second-order valence-electron chi connectivity index (χ2n) is 4.68. The predicted molar refractivity (Wildman–Crippen MR) is 69.6 cm³/mol. The van der Waals surface area contributed by atoms with Crippen molar-refractivity contribution in [2.24, 2.45) is 0 Å². The number of esters is 1. The van der Waals surface area contributed by atoms with Gasteiger partial charge in [-0.1, -0.05) is 54.7 Å². The quantitative estimate of drug-likeness (QED) is 0.580. The molecule has 0 unspecified atom stereocenters. The molecule has 0 radical (unpaired) electrons. The highest BCUT2D eigenvalue weighted by Gasteiger charge is 2.22. The molecule has 0 bridgehead atoms. The van der Waals surface area contributed by atoms with Crippen molar-refractivity contribution in [2.45, 2.75) is 32.0 Å². The second-order valence-corrected chi connectivity index (χ2v) is 9.52. The first-order valence-corrected chi connectivity index (χ1v) is 8.89. The van der Waals surface area contributed by atoms with Crippen LogP contribution in [-0.4, -0.2) is 21.2 Å². The van der Waals surface area contributed by atoms with E-state index in [1.165, 1.54) is 12.3 Å². The molecule has 1 aromatic rings. The number of methoxy groups -OCH3 is 1. The number of hydrogen-bond acceptors (Lipinski definition) is 2. The van der Waals surface area contributed by atoms with E-state index in [1.807, 2.05) is 6.07 Å². The first kappa shape index (κ1) is 13.0. The Balaban J connectivity index is 2.49. The molecule has 0 aliphatic rings. The van der Waals surface area contributed by atoms with E-state index in [4.69, 9.17) is 0 Å². The van der Waals surface area contributed by atoms with Gasteiger partial charge in [0.05, 0.1) is 15.2 Å². The van der Waals surface area contributed by atoms with Crippen molar-refractivity contribution in [3.05, 3.63) is 30.3 Å². The number of rotatable bonds is 5. The molecule has 1 rings (SSSR count). The van der Waals surface area contributed by atoms with E-state index >= 15 is 0 Å². The van der Waals surface area contributed by atoms with Crippen LogP contribution in [0.4, 0.5) is 0 Å². The summed E-state index contributed by atoms with van der Waals surface area (Å²) in [5.74, 6) is -0.0992. The lowest BCUT2D eigenvalue weighted by atomic mass is 10.3. The van der Waals surface area contributed by atoms with Gasteiger partial charge in [-0.15, -0.1) is 0 Å². The van der Waals surface area contributed by atoms with Crippen LogP contribution >= 0.6 is 0 Å². The molecule has 2 nitrogen and oxygen atoms in total. The van der Waals surface area contributed by atoms with Gasteiger partial charge in [0.2, 0.25) is 0 Å². The normalized spacial score (nSPS) is 11.2. The summed E-state index contributed by atoms with van der Waals surface area (Å²) in [5, 5.41) is 1.46. The zero-order valence-corrected chi connectivity index (χ0v) is 11.3. The van der Waals surface area contributed by atoms with Gasteiger partial charge in [0, 0.05) is 6.42 Å². The minimum Gasteiger partial charge on any atom is -0.469 e. The number of ether oxygens (including phenoxy) is 1. The van der Waals surface area contributed by atoms with Gasteiger partial charge in [-0.25, -0.2) is 0 Å². The Kier molecular flexibility index (Phi) is 4.74. The van der Waals surface area contributed by atoms with Crippen LogP contribution in [0.15, 0.2) is 30.3 Å². The van der Waals surface area contributed by atoms with Gasteiger partial charge in [0.1, 0.15) is 0 Å². The molecule has 0 aromatic heterocycles. The fraction of sp³-hybridized carbons (Fsp3) is 0.462.